The Balaban J connectivity index is 2.49. The van der Waals surface area contributed by atoms with Gasteiger partial charge in [-0.15, -0.1) is 0 Å². The molecular weight excluding hydrogens is 234 g/mol. The van der Waals surface area contributed by atoms with Crippen LogP contribution < -0.4 is 5.32 Å². The van der Waals surface area contributed by atoms with Crippen molar-refractivity contribution in [1.29, 1.82) is 0 Å². The maximum atomic E-state index is 12.3. The van der Waals surface area contributed by atoms with Crippen molar-refractivity contribution in [1.82, 2.24) is 15.1 Å². The van der Waals surface area contributed by atoms with Gasteiger partial charge in [0.05, 0.1) is 6.04 Å². The van der Waals surface area contributed by atoms with Crippen molar-refractivity contribution < 1.29 is 4.79 Å². The van der Waals surface area contributed by atoms with Crippen LogP contribution in [0.5, 0.6) is 0 Å². The fraction of sp³-hybridized carbons (Fsp3) is 0.917. The van der Waals surface area contributed by atoms with E-state index in [2.05, 4.69) is 23.4 Å². The van der Waals surface area contributed by atoms with Crippen molar-refractivity contribution in [2.24, 2.45) is 0 Å². The van der Waals surface area contributed by atoms with E-state index >= 15 is 0 Å². The Labute approximate surface area is 109 Å². The molecule has 0 spiro atoms. The second kappa shape index (κ2) is 7.24. The Hall–Kier alpha value is -0.260. The van der Waals surface area contributed by atoms with Gasteiger partial charge in [0.1, 0.15) is 0 Å². The monoisotopic (exact) mass is 259 g/mol. The second-order valence-corrected chi connectivity index (χ2v) is 5.63. The highest BCUT2D eigenvalue weighted by molar-refractivity contribution is 7.98. The highest BCUT2D eigenvalue weighted by Gasteiger charge is 2.26. The van der Waals surface area contributed by atoms with Gasteiger partial charge in [-0.1, -0.05) is 0 Å². The lowest BCUT2D eigenvalue weighted by Crippen LogP contribution is -2.54. The van der Waals surface area contributed by atoms with Crippen molar-refractivity contribution in [3.63, 3.8) is 0 Å². The summed E-state index contributed by atoms with van der Waals surface area (Å²) in [5, 5.41) is 3.31. The number of piperazine rings is 1. The van der Waals surface area contributed by atoms with Crippen LogP contribution in [0, 0.1) is 0 Å². The van der Waals surface area contributed by atoms with E-state index in [1.807, 2.05) is 18.9 Å². The predicted molar refractivity (Wildman–Crippen MR) is 74.5 cm³/mol. The molecule has 17 heavy (non-hydrogen) atoms. The smallest absolute Gasteiger partial charge is 0.239 e. The minimum Gasteiger partial charge on any atom is -0.341 e. The number of carbonyl (C=O) groups excluding carboxylic acids is 1. The first-order valence-corrected chi connectivity index (χ1v) is 7.67. The van der Waals surface area contributed by atoms with Crippen molar-refractivity contribution in [2.75, 3.05) is 45.2 Å². The van der Waals surface area contributed by atoms with Crippen LogP contribution in [0.25, 0.3) is 0 Å². The van der Waals surface area contributed by atoms with E-state index < -0.39 is 0 Å². The molecular formula is C12H25N3OS. The van der Waals surface area contributed by atoms with Crippen LogP contribution >= 0.6 is 11.8 Å². The van der Waals surface area contributed by atoms with E-state index in [0.717, 1.165) is 31.9 Å². The van der Waals surface area contributed by atoms with Crippen LogP contribution in [0.4, 0.5) is 0 Å². The summed E-state index contributed by atoms with van der Waals surface area (Å²) in [6, 6.07) is 0.314. The van der Waals surface area contributed by atoms with Crippen LogP contribution in [0.1, 0.15) is 13.8 Å². The first-order valence-electron chi connectivity index (χ1n) is 6.28. The van der Waals surface area contributed by atoms with Gasteiger partial charge in [0, 0.05) is 45.0 Å². The largest absolute Gasteiger partial charge is 0.341 e. The number of amides is 1. The SMILES string of the molecule is CSCC(C)N(C)C(=O)C(C)N1CCNCC1. The number of thioether (sulfide) groups is 1. The molecule has 1 amide bonds. The van der Waals surface area contributed by atoms with E-state index in [9.17, 15) is 4.79 Å². The van der Waals surface area contributed by atoms with Gasteiger partial charge in [-0.25, -0.2) is 0 Å². The van der Waals surface area contributed by atoms with Crippen LogP contribution in [0.15, 0.2) is 0 Å². The van der Waals surface area contributed by atoms with E-state index in [0.29, 0.717) is 6.04 Å². The van der Waals surface area contributed by atoms with Gasteiger partial charge in [-0.05, 0) is 20.1 Å². The summed E-state index contributed by atoms with van der Waals surface area (Å²) in [7, 11) is 1.92. The molecule has 1 fully saturated rings. The minimum atomic E-state index is 0.00593. The summed E-state index contributed by atoms with van der Waals surface area (Å²) in [4.78, 5) is 16.5. The Kier molecular flexibility index (Phi) is 6.30. The van der Waals surface area contributed by atoms with Gasteiger partial charge in [0.2, 0.25) is 5.91 Å². The van der Waals surface area contributed by atoms with Crippen molar-refractivity contribution in [2.45, 2.75) is 25.9 Å². The first-order chi connectivity index (χ1) is 8.07. The molecule has 0 aliphatic carbocycles. The average molecular weight is 259 g/mol. The Morgan fingerprint density at radius 3 is 2.53 bits per heavy atom. The van der Waals surface area contributed by atoms with Gasteiger partial charge in [0.25, 0.3) is 0 Å². The standard InChI is InChI=1S/C12H25N3OS/c1-10(9-17-4)14(3)12(16)11(2)15-7-5-13-6-8-15/h10-11,13H,5-9H2,1-4H3. The topological polar surface area (TPSA) is 35.6 Å². The fourth-order valence-electron chi connectivity index (χ4n) is 2.09. The molecule has 1 heterocycles. The molecule has 0 bridgehead atoms. The van der Waals surface area contributed by atoms with Gasteiger partial charge < -0.3 is 10.2 Å². The zero-order valence-corrected chi connectivity index (χ0v) is 12.2. The third kappa shape index (κ3) is 4.16. The summed E-state index contributed by atoms with van der Waals surface area (Å²) >= 11 is 1.79. The summed E-state index contributed by atoms with van der Waals surface area (Å²) in [5.74, 6) is 1.24. The summed E-state index contributed by atoms with van der Waals surface area (Å²) < 4.78 is 0. The number of likely N-dealkylation sites (N-methyl/N-ethyl adjacent to an activating group) is 1. The molecule has 1 aliphatic heterocycles. The molecule has 2 unspecified atom stereocenters. The lowest BCUT2D eigenvalue weighted by molar-refractivity contribution is -0.136. The third-order valence-electron chi connectivity index (χ3n) is 3.47. The predicted octanol–water partition coefficient (Wildman–Crippen LogP) is 0.490. The van der Waals surface area contributed by atoms with Crippen LogP contribution in [0.3, 0.4) is 0 Å². The average Bonchev–Trinajstić information content (AvgIpc) is 2.37. The Morgan fingerprint density at radius 1 is 1.41 bits per heavy atom. The number of hydrogen-bond acceptors (Lipinski definition) is 4. The van der Waals surface area contributed by atoms with E-state index in [4.69, 9.17) is 0 Å². The van der Waals surface area contributed by atoms with E-state index in [1.54, 1.807) is 11.8 Å². The third-order valence-corrected chi connectivity index (χ3v) is 4.29. The molecule has 0 aromatic carbocycles. The number of rotatable bonds is 5. The summed E-state index contributed by atoms with van der Waals surface area (Å²) in [6.07, 6.45) is 2.08. The van der Waals surface area contributed by atoms with Gasteiger partial charge in [0.15, 0.2) is 0 Å². The number of nitrogens with zero attached hydrogens (tertiary/aromatic N) is 2. The Bertz CT molecular complexity index is 244. The van der Waals surface area contributed by atoms with Crippen molar-refractivity contribution in [3.8, 4) is 0 Å². The molecule has 2 atom stereocenters. The normalized spacial score (nSPS) is 20.9. The molecule has 1 rings (SSSR count). The highest BCUT2D eigenvalue weighted by atomic mass is 32.2. The number of carbonyl (C=O) groups is 1. The van der Waals surface area contributed by atoms with Crippen molar-refractivity contribution in [3.05, 3.63) is 0 Å². The van der Waals surface area contributed by atoms with Crippen molar-refractivity contribution >= 4 is 17.7 Å². The van der Waals surface area contributed by atoms with Crippen LogP contribution in [-0.2, 0) is 4.79 Å². The Morgan fingerprint density at radius 2 is 2.00 bits per heavy atom. The quantitative estimate of drug-likeness (QED) is 0.779. The molecule has 0 saturated carbocycles. The maximum absolute atomic E-state index is 12.3. The zero-order valence-electron chi connectivity index (χ0n) is 11.4. The van der Waals surface area contributed by atoms with Crippen LogP contribution in [0.2, 0.25) is 0 Å². The molecule has 0 radical (unpaired) electrons. The lowest BCUT2D eigenvalue weighted by Gasteiger charge is -2.35. The molecule has 1 N–H and O–H groups in total. The van der Waals surface area contributed by atoms with Gasteiger partial charge in [-0.2, -0.15) is 11.8 Å². The van der Waals surface area contributed by atoms with Gasteiger partial charge >= 0.3 is 0 Å². The molecule has 1 saturated heterocycles. The molecule has 4 nitrogen and oxygen atoms in total. The molecule has 0 aromatic rings. The minimum absolute atomic E-state index is 0.00593. The number of nitrogens with one attached hydrogen (secondary N) is 1. The molecule has 5 heteroatoms. The molecule has 1 aliphatic rings. The van der Waals surface area contributed by atoms with E-state index in [-0.39, 0.29) is 11.9 Å². The lowest BCUT2D eigenvalue weighted by atomic mass is 10.2. The number of hydrogen-bond donors (Lipinski definition) is 1. The molecule has 0 aromatic heterocycles. The fourth-order valence-corrected chi connectivity index (χ4v) is 2.80. The van der Waals surface area contributed by atoms with Crippen LogP contribution in [-0.4, -0.2) is 73.0 Å². The summed E-state index contributed by atoms with van der Waals surface area (Å²) in [6.45, 7) is 8.05. The second-order valence-electron chi connectivity index (χ2n) is 4.72. The van der Waals surface area contributed by atoms with Gasteiger partial charge in [-0.3, -0.25) is 9.69 Å². The maximum Gasteiger partial charge on any atom is 0.239 e. The zero-order chi connectivity index (χ0) is 12.8. The molecule has 100 valence electrons. The van der Waals surface area contributed by atoms with E-state index in [1.165, 1.54) is 0 Å². The first kappa shape index (κ1) is 14.8. The summed E-state index contributed by atoms with van der Waals surface area (Å²) in [5.41, 5.74) is 0. The highest BCUT2D eigenvalue weighted by Crippen LogP contribution is 2.09.